The van der Waals surface area contributed by atoms with Gasteiger partial charge in [-0.05, 0) is 89.7 Å². The summed E-state index contributed by atoms with van der Waals surface area (Å²) in [6.45, 7) is 6.43. The van der Waals surface area contributed by atoms with Gasteiger partial charge in [-0.1, -0.05) is 42.5 Å². The number of methoxy groups -OCH3 is 1. The highest BCUT2D eigenvalue weighted by molar-refractivity contribution is 5.97. The van der Waals surface area contributed by atoms with Gasteiger partial charge in [-0.15, -0.1) is 0 Å². The number of nitrogens with zero attached hydrogens (tertiary/aromatic N) is 3. The Morgan fingerprint density at radius 2 is 1.78 bits per heavy atom. The molecule has 11 heteroatoms. The lowest BCUT2D eigenvalue weighted by Crippen LogP contribution is -2.48. The number of piperidine rings is 1. The predicted octanol–water partition coefficient (Wildman–Crippen LogP) is 4.54. The van der Waals surface area contributed by atoms with Crippen molar-refractivity contribution < 1.29 is 24.0 Å². The van der Waals surface area contributed by atoms with Crippen LogP contribution in [0.4, 0.5) is 5.69 Å². The molecule has 1 fully saturated rings. The lowest BCUT2D eigenvalue weighted by molar-refractivity contribution is -0.384. The van der Waals surface area contributed by atoms with Crippen LogP contribution in [-0.2, 0) is 24.5 Å². The van der Waals surface area contributed by atoms with Gasteiger partial charge in [0.2, 0.25) is 6.41 Å². The molecule has 3 N–H and O–H groups in total. The van der Waals surface area contributed by atoms with Gasteiger partial charge in [-0.2, -0.15) is 0 Å². The largest absolute Gasteiger partial charge is 0.468 e. The minimum atomic E-state index is -0.677. The molecule has 0 spiro atoms. The molecular weight excluding hydrogens is 586 g/mol. The number of non-ortho nitro benzene ring substituents is 1. The normalized spacial score (nSPS) is 18.1. The van der Waals surface area contributed by atoms with Crippen LogP contribution in [0.5, 0.6) is 0 Å². The number of nitro benzene ring substituents is 1. The predicted molar refractivity (Wildman–Crippen MR) is 175 cm³/mol. The second-order valence-corrected chi connectivity index (χ2v) is 12.0. The highest BCUT2D eigenvalue weighted by Gasteiger charge is 2.44. The summed E-state index contributed by atoms with van der Waals surface area (Å²) in [4.78, 5) is 53.7. The van der Waals surface area contributed by atoms with E-state index < -0.39 is 16.3 Å². The molecule has 11 nitrogen and oxygen atoms in total. The number of carbonyl (C=O) groups excluding carboxylic acids is 3. The van der Waals surface area contributed by atoms with E-state index in [1.807, 2.05) is 37.3 Å². The van der Waals surface area contributed by atoms with E-state index in [2.05, 4.69) is 10.2 Å². The molecule has 2 heterocycles. The molecule has 0 aromatic heterocycles. The Morgan fingerprint density at radius 3 is 2.35 bits per heavy atom. The number of benzene rings is 2. The zero-order valence-corrected chi connectivity index (χ0v) is 27.0. The molecule has 46 heavy (non-hydrogen) atoms. The average molecular weight is 632 g/mol. The quantitative estimate of drug-likeness (QED) is 0.0950. The van der Waals surface area contributed by atoms with E-state index in [1.165, 1.54) is 26.2 Å². The van der Waals surface area contributed by atoms with Gasteiger partial charge in [0.25, 0.3) is 5.69 Å². The van der Waals surface area contributed by atoms with Crippen molar-refractivity contribution in [3.05, 3.63) is 98.5 Å². The third kappa shape index (κ3) is 7.54. The number of carbonyl (C=O) groups is 3. The Hall–Kier alpha value is -4.35. The number of hydrogen-bond acceptors (Lipinski definition) is 9. The van der Waals surface area contributed by atoms with E-state index in [0.29, 0.717) is 74.4 Å². The van der Waals surface area contributed by atoms with Gasteiger partial charge in [0.15, 0.2) is 5.78 Å². The fraction of sp³-hybridized carbons (Fsp3) is 0.457. The van der Waals surface area contributed by atoms with Crippen molar-refractivity contribution in [1.82, 2.24) is 15.1 Å². The Balaban J connectivity index is 1.56. The summed E-state index contributed by atoms with van der Waals surface area (Å²) in [5.41, 5.74) is 9.47. The molecule has 2 aliphatic rings. The first-order chi connectivity index (χ1) is 22.2. The SMILES string of the molecule is COC(=O)C1(c2ccccc2)CCN(CCCN(C=O)C2=C(CCCCN)NC(C)=C(C(C)=O)C2c2ccc([N+](=O)[O-])cc2)CC1. The zero-order chi connectivity index (χ0) is 33.3. The standard InChI is InChI=1S/C35H45N5O6/c1-25-31(26(2)42)32(27-13-15-29(16-14-27)40(44)45)33(30(37-25)12-7-8-19-36)39(24-41)21-9-20-38-22-17-35(18-23-38,34(43)46-3)28-10-5-4-6-11-28/h4-6,10-11,13-16,24,32,37H,7-9,12,17-23,36H2,1-3H3. The molecule has 1 atom stereocenters. The van der Waals surface area contributed by atoms with Gasteiger partial charge in [0, 0.05) is 35.6 Å². The maximum Gasteiger partial charge on any atom is 0.316 e. The number of nitrogens with one attached hydrogen (secondary N) is 1. The first-order valence-corrected chi connectivity index (χ1v) is 15.9. The number of rotatable bonds is 15. The highest BCUT2D eigenvalue weighted by atomic mass is 16.6. The number of nitrogens with two attached hydrogens (primary N) is 1. The van der Waals surface area contributed by atoms with Gasteiger partial charge < -0.3 is 25.6 Å². The number of ether oxygens (including phenoxy) is 1. The molecular formula is C35H45N5O6. The van der Waals surface area contributed by atoms with E-state index >= 15 is 0 Å². The summed E-state index contributed by atoms with van der Waals surface area (Å²) in [5.74, 6) is -0.927. The maximum absolute atomic E-state index is 13.0. The summed E-state index contributed by atoms with van der Waals surface area (Å²) in [6.07, 6.45) is 4.97. The number of esters is 1. The molecule has 4 rings (SSSR count). The van der Waals surface area contributed by atoms with Gasteiger partial charge in [0.1, 0.15) is 0 Å². The summed E-state index contributed by atoms with van der Waals surface area (Å²) in [6, 6.07) is 16.0. The second-order valence-electron chi connectivity index (χ2n) is 12.0. The third-order valence-corrected chi connectivity index (χ3v) is 9.23. The summed E-state index contributed by atoms with van der Waals surface area (Å²) < 4.78 is 5.24. The lowest BCUT2D eigenvalue weighted by Gasteiger charge is -2.40. The number of amides is 1. The van der Waals surface area contributed by atoms with Crippen LogP contribution in [0.3, 0.4) is 0 Å². The highest BCUT2D eigenvalue weighted by Crippen LogP contribution is 2.42. The smallest absolute Gasteiger partial charge is 0.316 e. The van der Waals surface area contributed by atoms with Crippen molar-refractivity contribution in [2.45, 2.75) is 63.7 Å². The van der Waals surface area contributed by atoms with Crippen molar-refractivity contribution in [2.24, 2.45) is 5.73 Å². The molecule has 2 aliphatic heterocycles. The maximum atomic E-state index is 13.0. The first kappa shape index (κ1) is 34.5. The fourth-order valence-corrected chi connectivity index (χ4v) is 6.86. The van der Waals surface area contributed by atoms with Crippen LogP contribution < -0.4 is 11.1 Å². The topological polar surface area (TPSA) is 148 Å². The number of unbranched alkanes of at least 4 members (excludes halogenated alkanes) is 1. The molecule has 0 bridgehead atoms. The number of allylic oxidation sites excluding steroid dienone is 3. The molecule has 2 aromatic rings. The number of dihydropyridines is 1. The van der Waals surface area contributed by atoms with E-state index in [4.69, 9.17) is 10.5 Å². The van der Waals surface area contributed by atoms with Crippen LogP contribution in [0.1, 0.15) is 69.4 Å². The number of Topliss-reactive ketones (excluding diaryl/α,β-unsaturated/α-hetero) is 1. The molecule has 1 saturated heterocycles. The van der Waals surface area contributed by atoms with Crippen LogP contribution in [0, 0.1) is 10.1 Å². The minimum absolute atomic E-state index is 0.0475. The first-order valence-electron chi connectivity index (χ1n) is 15.9. The van der Waals surface area contributed by atoms with Crippen molar-refractivity contribution >= 4 is 23.9 Å². The van der Waals surface area contributed by atoms with Crippen molar-refractivity contribution in [3.8, 4) is 0 Å². The van der Waals surface area contributed by atoms with E-state index in [9.17, 15) is 24.5 Å². The fourth-order valence-electron chi connectivity index (χ4n) is 6.86. The van der Waals surface area contributed by atoms with Gasteiger partial charge >= 0.3 is 5.97 Å². The molecule has 0 saturated carbocycles. The second kappa shape index (κ2) is 15.8. The van der Waals surface area contributed by atoms with Crippen molar-refractivity contribution in [2.75, 3.05) is 39.8 Å². The third-order valence-electron chi connectivity index (χ3n) is 9.23. The molecule has 246 valence electrons. The lowest BCUT2D eigenvalue weighted by atomic mass is 9.72. The van der Waals surface area contributed by atoms with Crippen LogP contribution in [0.15, 0.2) is 77.3 Å². The Labute approximate surface area is 270 Å². The average Bonchev–Trinajstić information content (AvgIpc) is 3.07. The van der Waals surface area contributed by atoms with Gasteiger partial charge in [-0.25, -0.2) is 0 Å². The Kier molecular flexibility index (Phi) is 11.8. The summed E-state index contributed by atoms with van der Waals surface area (Å²) in [7, 11) is 1.44. The van der Waals surface area contributed by atoms with Crippen LogP contribution in [0.2, 0.25) is 0 Å². The molecule has 0 radical (unpaired) electrons. The Bertz CT molecular complexity index is 1460. The van der Waals surface area contributed by atoms with Crippen LogP contribution >= 0.6 is 0 Å². The van der Waals surface area contributed by atoms with Gasteiger partial charge in [0.05, 0.1) is 29.1 Å². The summed E-state index contributed by atoms with van der Waals surface area (Å²) in [5, 5.41) is 14.8. The van der Waals surface area contributed by atoms with Crippen LogP contribution in [0.25, 0.3) is 0 Å². The minimum Gasteiger partial charge on any atom is -0.468 e. The van der Waals surface area contributed by atoms with E-state index in [1.54, 1.807) is 17.0 Å². The van der Waals surface area contributed by atoms with Gasteiger partial charge in [-0.3, -0.25) is 24.5 Å². The number of ketones is 1. The monoisotopic (exact) mass is 631 g/mol. The van der Waals surface area contributed by atoms with E-state index in [-0.39, 0.29) is 17.4 Å². The van der Waals surface area contributed by atoms with Crippen molar-refractivity contribution in [1.29, 1.82) is 0 Å². The number of nitro groups is 1. The molecule has 1 amide bonds. The van der Waals surface area contributed by atoms with E-state index in [0.717, 1.165) is 37.1 Å². The number of hydrogen-bond donors (Lipinski definition) is 2. The van der Waals surface area contributed by atoms with Crippen molar-refractivity contribution in [3.63, 3.8) is 0 Å². The molecule has 1 unspecified atom stereocenters. The van der Waals surface area contributed by atoms with Crippen LogP contribution in [-0.4, -0.2) is 72.7 Å². The zero-order valence-electron chi connectivity index (χ0n) is 27.0. The molecule has 0 aliphatic carbocycles. The molecule has 2 aromatic carbocycles. The number of likely N-dealkylation sites (tertiary alicyclic amines) is 1. The summed E-state index contributed by atoms with van der Waals surface area (Å²) >= 11 is 0. The Morgan fingerprint density at radius 1 is 1.11 bits per heavy atom.